The third kappa shape index (κ3) is 2.87. The molecule has 24 heavy (non-hydrogen) atoms. The molecule has 0 aromatic carbocycles. The van der Waals surface area contributed by atoms with Gasteiger partial charge in [-0.1, -0.05) is 6.92 Å². The molecular formula is C17H25N5O2. The highest BCUT2D eigenvalue weighted by Crippen LogP contribution is 2.21. The lowest BCUT2D eigenvalue weighted by Crippen LogP contribution is -2.44. The average molecular weight is 331 g/mol. The summed E-state index contributed by atoms with van der Waals surface area (Å²) in [7, 11) is 0. The molecule has 2 atom stereocenters. The number of aliphatic hydroxyl groups excluding tert-OH is 1. The largest absolute Gasteiger partial charge is 0.389 e. The lowest BCUT2D eigenvalue weighted by atomic mass is 10.2. The van der Waals surface area contributed by atoms with E-state index < -0.39 is 0 Å². The van der Waals surface area contributed by atoms with Crippen molar-refractivity contribution in [2.24, 2.45) is 0 Å². The number of anilines is 1. The summed E-state index contributed by atoms with van der Waals surface area (Å²) in [5.41, 5.74) is 2.00. The van der Waals surface area contributed by atoms with Gasteiger partial charge in [0.1, 0.15) is 5.82 Å². The zero-order valence-corrected chi connectivity index (χ0v) is 14.1. The minimum atomic E-state index is -0.359. The first kappa shape index (κ1) is 15.8. The summed E-state index contributed by atoms with van der Waals surface area (Å²) in [6.07, 6.45) is 3.43. The van der Waals surface area contributed by atoms with E-state index in [9.17, 15) is 5.11 Å². The number of aliphatic hydroxyl groups is 1. The van der Waals surface area contributed by atoms with Crippen LogP contribution in [-0.4, -0.2) is 76.1 Å². The van der Waals surface area contributed by atoms with Gasteiger partial charge >= 0.3 is 0 Å². The van der Waals surface area contributed by atoms with Crippen LogP contribution in [0.4, 0.5) is 5.82 Å². The average Bonchev–Trinajstić information content (AvgIpc) is 3.17. The highest BCUT2D eigenvalue weighted by atomic mass is 16.5. The molecule has 2 fully saturated rings. The van der Waals surface area contributed by atoms with Crippen LogP contribution in [0.15, 0.2) is 18.3 Å². The van der Waals surface area contributed by atoms with Crippen molar-refractivity contribution < 1.29 is 9.84 Å². The number of hydrogen-bond donors (Lipinski definition) is 1. The number of aryl methyl sites for hydroxylation is 1. The second kappa shape index (κ2) is 6.66. The Morgan fingerprint density at radius 1 is 1.25 bits per heavy atom. The number of rotatable bonds is 3. The monoisotopic (exact) mass is 331 g/mol. The van der Waals surface area contributed by atoms with E-state index in [1.807, 2.05) is 16.8 Å². The van der Waals surface area contributed by atoms with Gasteiger partial charge in [0.25, 0.3) is 0 Å². The fourth-order valence-electron chi connectivity index (χ4n) is 3.73. The summed E-state index contributed by atoms with van der Waals surface area (Å²) in [5, 5.41) is 14.5. The quantitative estimate of drug-likeness (QED) is 0.887. The van der Waals surface area contributed by atoms with E-state index in [0.29, 0.717) is 13.2 Å². The van der Waals surface area contributed by atoms with Crippen LogP contribution < -0.4 is 4.90 Å². The summed E-state index contributed by atoms with van der Waals surface area (Å²) in [4.78, 5) is 9.40. The molecule has 2 aromatic rings. The van der Waals surface area contributed by atoms with Gasteiger partial charge in [-0.3, -0.25) is 4.90 Å². The molecule has 0 saturated carbocycles. The van der Waals surface area contributed by atoms with Gasteiger partial charge in [-0.15, -0.1) is 0 Å². The number of nitrogens with zero attached hydrogens (tertiary/aromatic N) is 5. The van der Waals surface area contributed by atoms with E-state index in [1.165, 1.54) is 0 Å². The van der Waals surface area contributed by atoms with Crippen LogP contribution in [0.5, 0.6) is 0 Å². The van der Waals surface area contributed by atoms with E-state index in [1.54, 1.807) is 0 Å². The topological polar surface area (TPSA) is 66.1 Å². The Balaban J connectivity index is 1.56. The molecular weight excluding hydrogens is 306 g/mol. The predicted octanol–water partition coefficient (Wildman–Crippen LogP) is 0.563. The predicted molar refractivity (Wildman–Crippen MR) is 91.4 cm³/mol. The van der Waals surface area contributed by atoms with Crippen molar-refractivity contribution in [2.45, 2.75) is 31.9 Å². The highest BCUT2D eigenvalue weighted by molar-refractivity contribution is 5.51. The Morgan fingerprint density at radius 3 is 2.96 bits per heavy atom. The molecule has 2 saturated heterocycles. The first-order valence-corrected chi connectivity index (χ1v) is 8.84. The van der Waals surface area contributed by atoms with Crippen molar-refractivity contribution in [3.05, 3.63) is 24.0 Å². The molecule has 0 bridgehead atoms. The van der Waals surface area contributed by atoms with Crippen LogP contribution >= 0.6 is 0 Å². The Morgan fingerprint density at radius 2 is 2.17 bits per heavy atom. The van der Waals surface area contributed by atoms with Crippen LogP contribution in [-0.2, 0) is 11.2 Å². The van der Waals surface area contributed by atoms with Crippen LogP contribution in [0.1, 0.15) is 19.0 Å². The smallest absolute Gasteiger partial charge is 0.157 e. The van der Waals surface area contributed by atoms with Crippen molar-refractivity contribution in [2.75, 3.05) is 44.3 Å². The third-order valence-corrected chi connectivity index (χ3v) is 5.10. The van der Waals surface area contributed by atoms with Gasteiger partial charge in [-0.2, -0.15) is 9.61 Å². The van der Waals surface area contributed by atoms with Crippen molar-refractivity contribution in [3.8, 4) is 0 Å². The van der Waals surface area contributed by atoms with E-state index in [4.69, 9.17) is 4.74 Å². The van der Waals surface area contributed by atoms with Gasteiger partial charge < -0.3 is 14.7 Å². The normalized spacial score (nSPS) is 26.2. The lowest BCUT2D eigenvalue weighted by molar-refractivity contribution is 0.0859. The number of aromatic nitrogens is 3. The van der Waals surface area contributed by atoms with Crippen molar-refractivity contribution in [1.29, 1.82) is 0 Å². The summed E-state index contributed by atoms with van der Waals surface area (Å²) >= 11 is 0. The second-order valence-electron chi connectivity index (χ2n) is 6.61. The maximum Gasteiger partial charge on any atom is 0.157 e. The fourth-order valence-corrected chi connectivity index (χ4v) is 3.73. The molecule has 0 aliphatic carbocycles. The molecule has 7 heteroatoms. The van der Waals surface area contributed by atoms with Crippen LogP contribution in [0.25, 0.3) is 5.65 Å². The van der Waals surface area contributed by atoms with Gasteiger partial charge in [0.2, 0.25) is 0 Å². The number of fused-ring (bicyclic) bond motifs is 1. The van der Waals surface area contributed by atoms with Crippen LogP contribution in [0, 0.1) is 0 Å². The molecule has 1 N–H and O–H groups in total. The van der Waals surface area contributed by atoms with Gasteiger partial charge in [-0.25, -0.2) is 4.98 Å². The zero-order valence-electron chi connectivity index (χ0n) is 14.1. The third-order valence-electron chi connectivity index (χ3n) is 5.10. The van der Waals surface area contributed by atoms with Crippen molar-refractivity contribution >= 4 is 11.5 Å². The Bertz CT molecular complexity index is 703. The molecule has 0 spiro atoms. The van der Waals surface area contributed by atoms with Gasteiger partial charge in [0, 0.05) is 44.0 Å². The molecule has 0 amide bonds. The molecule has 2 aliphatic rings. The molecule has 7 nitrogen and oxygen atoms in total. The summed E-state index contributed by atoms with van der Waals surface area (Å²) < 4.78 is 7.36. The fraction of sp³-hybridized carbons (Fsp3) is 0.647. The van der Waals surface area contributed by atoms with E-state index in [-0.39, 0.29) is 12.1 Å². The maximum absolute atomic E-state index is 10.1. The maximum atomic E-state index is 10.1. The Hall–Kier alpha value is -1.70. The van der Waals surface area contributed by atoms with Gasteiger partial charge in [-0.05, 0) is 12.8 Å². The summed E-state index contributed by atoms with van der Waals surface area (Å²) in [6.45, 7) is 7.06. The van der Waals surface area contributed by atoms with E-state index in [0.717, 1.165) is 56.2 Å². The molecule has 2 aromatic heterocycles. The first-order chi connectivity index (χ1) is 11.8. The summed E-state index contributed by atoms with van der Waals surface area (Å²) in [5.74, 6) is 1.12. The molecule has 4 rings (SSSR count). The van der Waals surface area contributed by atoms with E-state index in [2.05, 4.69) is 32.9 Å². The second-order valence-corrected chi connectivity index (χ2v) is 6.61. The van der Waals surface area contributed by atoms with Crippen LogP contribution in [0.3, 0.4) is 0 Å². The van der Waals surface area contributed by atoms with Gasteiger partial charge in [0.05, 0.1) is 31.6 Å². The Kier molecular flexibility index (Phi) is 4.39. The molecule has 0 radical (unpaired) electrons. The van der Waals surface area contributed by atoms with Gasteiger partial charge in [0.15, 0.2) is 5.65 Å². The van der Waals surface area contributed by atoms with Crippen LogP contribution in [0.2, 0.25) is 0 Å². The summed E-state index contributed by atoms with van der Waals surface area (Å²) in [6, 6.07) is 4.25. The first-order valence-electron chi connectivity index (χ1n) is 8.84. The minimum absolute atomic E-state index is 0.137. The van der Waals surface area contributed by atoms with Crippen molar-refractivity contribution in [1.82, 2.24) is 19.5 Å². The SMILES string of the molecule is CCc1cc(N2CCCN([C@H]3COC[C@@H]3O)CC2)n2nccc2n1. The standard InChI is InChI=1S/C17H25N5O2/c1-2-13-10-17(22-16(19-13)4-5-18-22)21-7-3-6-20(8-9-21)14-11-24-12-15(14)23/h4-5,10,14-15,23H,2-3,6-9,11-12H2,1H3/t14-,15-/m0/s1. The zero-order chi connectivity index (χ0) is 16.5. The molecule has 0 unspecified atom stereocenters. The molecule has 2 aliphatic heterocycles. The Labute approximate surface area is 141 Å². The molecule has 130 valence electrons. The molecule has 4 heterocycles. The minimum Gasteiger partial charge on any atom is -0.389 e. The van der Waals surface area contributed by atoms with Crippen molar-refractivity contribution in [3.63, 3.8) is 0 Å². The number of hydrogen-bond acceptors (Lipinski definition) is 6. The highest BCUT2D eigenvalue weighted by Gasteiger charge is 2.32. The van der Waals surface area contributed by atoms with E-state index >= 15 is 0 Å². The number of ether oxygens (including phenoxy) is 1. The lowest BCUT2D eigenvalue weighted by Gasteiger charge is -2.28.